The second-order valence-electron chi connectivity index (χ2n) is 3.04. The lowest BCUT2D eigenvalue weighted by Gasteiger charge is -2.28. The van der Waals surface area contributed by atoms with Gasteiger partial charge in [0.1, 0.15) is 6.29 Å². The van der Waals surface area contributed by atoms with Gasteiger partial charge in [-0.15, -0.1) is 0 Å². The molecule has 0 aromatic heterocycles. The zero-order valence-corrected chi connectivity index (χ0v) is 6.70. The highest BCUT2D eigenvalue weighted by molar-refractivity contribution is 5.53. The first-order chi connectivity index (χ1) is 5.36. The van der Waals surface area contributed by atoms with Crippen molar-refractivity contribution < 1.29 is 9.90 Å². The quantitative estimate of drug-likeness (QED) is 0.581. The van der Waals surface area contributed by atoms with Gasteiger partial charge >= 0.3 is 0 Å². The zero-order valence-electron chi connectivity index (χ0n) is 6.70. The molecule has 64 valence electrons. The second kappa shape index (κ2) is 4.46. The molecule has 1 heterocycles. The van der Waals surface area contributed by atoms with E-state index in [0.717, 1.165) is 38.8 Å². The van der Waals surface area contributed by atoms with Crippen molar-refractivity contribution in [3.8, 4) is 0 Å². The largest absolute Gasteiger partial charge is 0.395 e. The first-order valence-corrected chi connectivity index (χ1v) is 4.15. The number of carbonyl (C=O) groups excluding carboxylic acids is 1. The van der Waals surface area contributed by atoms with Crippen LogP contribution in [-0.2, 0) is 4.79 Å². The minimum Gasteiger partial charge on any atom is -0.395 e. The summed E-state index contributed by atoms with van der Waals surface area (Å²) in [5, 5.41) is 8.63. The van der Waals surface area contributed by atoms with E-state index in [2.05, 4.69) is 4.90 Å². The van der Waals surface area contributed by atoms with Crippen LogP contribution in [0.3, 0.4) is 0 Å². The molecular formula is C8H15NO2. The molecule has 0 saturated carbocycles. The fourth-order valence-corrected chi connectivity index (χ4v) is 1.45. The van der Waals surface area contributed by atoms with Gasteiger partial charge in [0.25, 0.3) is 0 Å². The number of nitrogens with zero attached hydrogens (tertiary/aromatic N) is 1. The number of likely N-dealkylation sites (tertiary alicyclic amines) is 1. The van der Waals surface area contributed by atoms with Crippen molar-refractivity contribution in [3.05, 3.63) is 0 Å². The highest BCUT2D eigenvalue weighted by atomic mass is 16.3. The minimum atomic E-state index is 0.228. The van der Waals surface area contributed by atoms with Crippen molar-refractivity contribution in [1.29, 1.82) is 0 Å². The van der Waals surface area contributed by atoms with Gasteiger partial charge in [-0.25, -0.2) is 0 Å². The Morgan fingerprint density at radius 1 is 1.45 bits per heavy atom. The van der Waals surface area contributed by atoms with E-state index in [1.54, 1.807) is 0 Å². The van der Waals surface area contributed by atoms with Crippen molar-refractivity contribution in [2.24, 2.45) is 5.92 Å². The third-order valence-electron chi connectivity index (χ3n) is 2.24. The van der Waals surface area contributed by atoms with Crippen molar-refractivity contribution in [1.82, 2.24) is 4.90 Å². The second-order valence-corrected chi connectivity index (χ2v) is 3.04. The van der Waals surface area contributed by atoms with E-state index < -0.39 is 0 Å². The maximum Gasteiger partial charge on any atom is 0.123 e. The van der Waals surface area contributed by atoms with Gasteiger partial charge in [0, 0.05) is 12.5 Å². The molecule has 0 spiro atoms. The van der Waals surface area contributed by atoms with Crippen LogP contribution in [-0.4, -0.2) is 42.5 Å². The van der Waals surface area contributed by atoms with Gasteiger partial charge in [-0.1, -0.05) is 0 Å². The normalized spacial score (nSPS) is 21.9. The van der Waals surface area contributed by atoms with Crippen molar-refractivity contribution >= 4 is 6.29 Å². The molecule has 11 heavy (non-hydrogen) atoms. The molecule has 1 aliphatic heterocycles. The lowest BCUT2D eigenvalue weighted by atomic mass is 9.99. The highest BCUT2D eigenvalue weighted by Crippen LogP contribution is 2.13. The Balaban J connectivity index is 2.18. The molecule has 0 unspecified atom stereocenters. The Morgan fingerprint density at radius 3 is 2.55 bits per heavy atom. The van der Waals surface area contributed by atoms with Gasteiger partial charge in [0.15, 0.2) is 0 Å². The molecule has 0 aliphatic carbocycles. The molecule has 0 atom stereocenters. The van der Waals surface area contributed by atoms with Crippen LogP contribution in [0, 0.1) is 5.92 Å². The maximum absolute atomic E-state index is 10.4. The van der Waals surface area contributed by atoms with Crippen LogP contribution in [0.5, 0.6) is 0 Å². The topological polar surface area (TPSA) is 40.5 Å². The van der Waals surface area contributed by atoms with E-state index in [1.807, 2.05) is 0 Å². The summed E-state index contributed by atoms with van der Waals surface area (Å²) in [5.74, 6) is 0.268. The summed E-state index contributed by atoms with van der Waals surface area (Å²) in [4.78, 5) is 12.6. The number of piperidine rings is 1. The first kappa shape index (κ1) is 8.68. The van der Waals surface area contributed by atoms with Gasteiger partial charge in [-0.05, 0) is 25.9 Å². The zero-order chi connectivity index (χ0) is 8.10. The Hall–Kier alpha value is -0.410. The number of aliphatic hydroxyl groups is 1. The number of aliphatic hydroxyl groups excluding tert-OH is 1. The van der Waals surface area contributed by atoms with Gasteiger partial charge in [-0.2, -0.15) is 0 Å². The van der Waals surface area contributed by atoms with Crippen LogP contribution in [0.2, 0.25) is 0 Å². The molecule has 3 nitrogen and oxygen atoms in total. The molecular weight excluding hydrogens is 142 g/mol. The average Bonchev–Trinajstić information content (AvgIpc) is 2.07. The summed E-state index contributed by atoms with van der Waals surface area (Å²) in [6.45, 7) is 2.91. The highest BCUT2D eigenvalue weighted by Gasteiger charge is 2.17. The molecule has 1 rings (SSSR count). The summed E-state index contributed by atoms with van der Waals surface area (Å²) in [6.07, 6.45) is 2.98. The van der Waals surface area contributed by atoms with Crippen LogP contribution < -0.4 is 0 Å². The van der Waals surface area contributed by atoms with Gasteiger partial charge in [0.05, 0.1) is 6.61 Å². The van der Waals surface area contributed by atoms with Crippen molar-refractivity contribution in [2.45, 2.75) is 12.8 Å². The monoisotopic (exact) mass is 157 g/mol. The predicted molar refractivity (Wildman–Crippen MR) is 42.3 cm³/mol. The fraction of sp³-hybridized carbons (Fsp3) is 0.875. The summed E-state index contributed by atoms with van der Waals surface area (Å²) >= 11 is 0. The van der Waals surface area contributed by atoms with Crippen LogP contribution >= 0.6 is 0 Å². The summed E-state index contributed by atoms with van der Waals surface area (Å²) in [6, 6.07) is 0. The standard InChI is InChI=1S/C8H15NO2/c10-6-5-9-3-1-8(7-11)2-4-9/h7-8,10H,1-6H2. The lowest BCUT2D eigenvalue weighted by molar-refractivity contribution is -0.112. The Labute approximate surface area is 67.0 Å². The third kappa shape index (κ3) is 2.60. The Bertz CT molecular complexity index is 119. The van der Waals surface area contributed by atoms with Gasteiger partial charge in [-0.3, -0.25) is 0 Å². The summed E-state index contributed by atoms with van der Waals surface area (Å²) in [7, 11) is 0. The van der Waals surface area contributed by atoms with Gasteiger partial charge in [0.2, 0.25) is 0 Å². The van der Waals surface area contributed by atoms with E-state index >= 15 is 0 Å². The number of hydrogen-bond acceptors (Lipinski definition) is 3. The van der Waals surface area contributed by atoms with Crippen LogP contribution in [0.25, 0.3) is 0 Å². The first-order valence-electron chi connectivity index (χ1n) is 4.15. The van der Waals surface area contributed by atoms with E-state index in [-0.39, 0.29) is 12.5 Å². The molecule has 1 aliphatic rings. The molecule has 0 aromatic carbocycles. The van der Waals surface area contributed by atoms with E-state index in [1.165, 1.54) is 0 Å². The molecule has 0 amide bonds. The molecule has 0 radical (unpaired) electrons. The van der Waals surface area contributed by atoms with E-state index in [4.69, 9.17) is 5.11 Å². The summed E-state index contributed by atoms with van der Waals surface area (Å²) in [5.41, 5.74) is 0. The van der Waals surface area contributed by atoms with Crippen LogP contribution in [0.1, 0.15) is 12.8 Å². The Kier molecular flexibility index (Phi) is 3.52. The number of β-amino-alcohol motifs (C(OH)–C–C–N with tert-alkyl or cyclic N) is 1. The van der Waals surface area contributed by atoms with Gasteiger partial charge < -0.3 is 14.8 Å². The smallest absolute Gasteiger partial charge is 0.123 e. The maximum atomic E-state index is 10.4. The van der Waals surface area contributed by atoms with Crippen LogP contribution in [0.4, 0.5) is 0 Å². The molecule has 0 aromatic rings. The SMILES string of the molecule is O=CC1CCN(CCO)CC1. The number of hydrogen-bond donors (Lipinski definition) is 1. The predicted octanol–water partition coefficient (Wildman–Crippen LogP) is -0.110. The lowest BCUT2D eigenvalue weighted by Crippen LogP contribution is -2.35. The van der Waals surface area contributed by atoms with Crippen molar-refractivity contribution in [3.63, 3.8) is 0 Å². The van der Waals surface area contributed by atoms with Crippen LogP contribution in [0.15, 0.2) is 0 Å². The minimum absolute atomic E-state index is 0.228. The average molecular weight is 157 g/mol. The summed E-state index contributed by atoms with van der Waals surface area (Å²) < 4.78 is 0. The molecule has 3 heteroatoms. The number of carbonyl (C=O) groups is 1. The number of rotatable bonds is 3. The molecule has 0 bridgehead atoms. The third-order valence-corrected chi connectivity index (χ3v) is 2.24. The Morgan fingerprint density at radius 2 is 2.09 bits per heavy atom. The molecule has 1 fully saturated rings. The molecule has 1 saturated heterocycles. The number of aldehydes is 1. The van der Waals surface area contributed by atoms with E-state index in [9.17, 15) is 4.79 Å². The molecule has 1 N–H and O–H groups in total. The van der Waals surface area contributed by atoms with E-state index in [0.29, 0.717) is 0 Å². The fourth-order valence-electron chi connectivity index (χ4n) is 1.45. The van der Waals surface area contributed by atoms with Crippen molar-refractivity contribution in [2.75, 3.05) is 26.2 Å².